The minimum absolute atomic E-state index is 0.204. The van der Waals surface area contributed by atoms with Gasteiger partial charge in [0.1, 0.15) is 56.4 Å². The molecule has 0 radical (unpaired) electrons. The molecule has 0 heterocycles. The molecule has 0 fully saturated rings. The number of rotatable bonds is 13. The monoisotopic (exact) mass is 422 g/mol. The molecule has 2 atom stereocenters. The normalized spacial score (nSPS) is 12.3. The van der Waals surface area contributed by atoms with E-state index in [4.69, 9.17) is 18.9 Å². The average molecular weight is 422 g/mol. The number of hydrogen-bond acceptors (Lipinski definition) is 9. The zero-order valence-corrected chi connectivity index (χ0v) is 17.0. The van der Waals surface area contributed by atoms with Gasteiger partial charge in [-0.05, 0) is 26.0 Å². The highest BCUT2D eigenvalue weighted by molar-refractivity contribution is 5.87. The molecule has 30 heavy (non-hydrogen) atoms. The second kappa shape index (κ2) is 12.4. The summed E-state index contributed by atoms with van der Waals surface area (Å²) in [5, 5.41) is 19.7. The van der Waals surface area contributed by atoms with Crippen LogP contribution >= 0.6 is 0 Å². The van der Waals surface area contributed by atoms with E-state index in [0.717, 1.165) is 0 Å². The Kier molecular flexibility index (Phi) is 10.3. The molecule has 0 aliphatic carbocycles. The molecular weight excluding hydrogens is 396 g/mol. The first kappa shape index (κ1) is 24.9. The summed E-state index contributed by atoms with van der Waals surface area (Å²) in [6.45, 7) is 8.87. The van der Waals surface area contributed by atoms with Crippen molar-refractivity contribution in [2.75, 3.05) is 26.4 Å². The van der Waals surface area contributed by atoms with Crippen molar-refractivity contribution in [1.29, 1.82) is 0 Å². The van der Waals surface area contributed by atoms with Crippen molar-refractivity contribution in [3.8, 4) is 11.5 Å². The van der Waals surface area contributed by atoms with Crippen LogP contribution in [0.3, 0.4) is 0 Å². The van der Waals surface area contributed by atoms with Crippen LogP contribution in [0.4, 0.5) is 0 Å². The van der Waals surface area contributed by atoms with Crippen molar-refractivity contribution in [1.82, 2.24) is 0 Å². The molecule has 0 amide bonds. The Morgan fingerprint density at radius 3 is 1.60 bits per heavy atom. The fourth-order valence-corrected chi connectivity index (χ4v) is 1.90. The highest BCUT2D eigenvalue weighted by Gasteiger charge is 2.13. The molecule has 0 spiro atoms. The highest BCUT2D eigenvalue weighted by Crippen LogP contribution is 2.22. The van der Waals surface area contributed by atoms with Crippen molar-refractivity contribution >= 4 is 18.2 Å². The molecular formula is C21H26O9. The molecule has 2 unspecified atom stereocenters. The topological polar surface area (TPSA) is 129 Å². The molecule has 0 bridgehead atoms. The fourth-order valence-electron chi connectivity index (χ4n) is 1.90. The van der Waals surface area contributed by atoms with Gasteiger partial charge < -0.3 is 29.2 Å². The molecule has 164 valence electrons. The standard InChI is InChI=1S/C21H26O9/c1-13(2)20(25)29-11-16(23)9-27-18-5-15(8-22)6-19(7-18)28-10-17(24)12-30-21(26)14(3)4/h5-8,16-17,23-24H,1,3,9-12H2,2,4H3. The van der Waals surface area contributed by atoms with Crippen LogP contribution in [0.25, 0.3) is 0 Å². The van der Waals surface area contributed by atoms with E-state index in [1.165, 1.54) is 32.0 Å². The maximum Gasteiger partial charge on any atom is 0.333 e. The molecule has 9 nitrogen and oxygen atoms in total. The molecule has 2 N–H and O–H groups in total. The summed E-state index contributed by atoms with van der Waals surface area (Å²) < 4.78 is 20.5. The fraction of sp³-hybridized carbons (Fsp3) is 0.381. The second-order valence-electron chi connectivity index (χ2n) is 6.54. The molecule has 0 saturated carbocycles. The minimum Gasteiger partial charge on any atom is -0.491 e. The van der Waals surface area contributed by atoms with Crippen LogP contribution in [-0.2, 0) is 19.1 Å². The van der Waals surface area contributed by atoms with Crippen LogP contribution in [0.1, 0.15) is 24.2 Å². The highest BCUT2D eigenvalue weighted by atomic mass is 16.6. The lowest BCUT2D eigenvalue weighted by Gasteiger charge is -2.15. The molecule has 0 aliphatic heterocycles. The van der Waals surface area contributed by atoms with Crippen molar-refractivity contribution in [2.45, 2.75) is 26.1 Å². The lowest BCUT2D eigenvalue weighted by molar-refractivity contribution is -0.143. The summed E-state index contributed by atoms with van der Waals surface area (Å²) >= 11 is 0. The molecule has 0 aromatic heterocycles. The summed E-state index contributed by atoms with van der Waals surface area (Å²) in [4.78, 5) is 33.8. The van der Waals surface area contributed by atoms with Crippen LogP contribution in [0.5, 0.6) is 11.5 Å². The molecule has 1 aromatic carbocycles. The SMILES string of the molecule is C=C(C)C(=O)OCC(O)COc1cc(C=O)cc(OCC(O)COC(=O)C(=C)C)c1. The number of aliphatic hydroxyl groups excluding tert-OH is 2. The van der Waals surface area contributed by atoms with Gasteiger partial charge >= 0.3 is 11.9 Å². The largest absolute Gasteiger partial charge is 0.491 e. The Morgan fingerprint density at radius 2 is 1.27 bits per heavy atom. The van der Waals surface area contributed by atoms with Gasteiger partial charge in [-0.1, -0.05) is 13.2 Å². The lowest BCUT2D eigenvalue weighted by atomic mass is 10.2. The number of ether oxygens (including phenoxy) is 4. The quantitative estimate of drug-likeness (QED) is 0.274. The summed E-state index contributed by atoms with van der Waals surface area (Å²) in [6, 6.07) is 4.31. The van der Waals surface area contributed by atoms with Crippen molar-refractivity contribution < 1.29 is 43.5 Å². The first-order valence-corrected chi connectivity index (χ1v) is 8.99. The third-order valence-corrected chi connectivity index (χ3v) is 3.43. The third kappa shape index (κ3) is 9.35. The first-order chi connectivity index (χ1) is 14.1. The van der Waals surface area contributed by atoms with E-state index in [2.05, 4.69) is 13.2 Å². The molecule has 1 aromatic rings. The van der Waals surface area contributed by atoms with Crippen LogP contribution < -0.4 is 9.47 Å². The number of esters is 2. The Hall–Kier alpha value is -3.17. The third-order valence-electron chi connectivity index (χ3n) is 3.43. The maximum atomic E-state index is 11.3. The smallest absolute Gasteiger partial charge is 0.333 e. The van der Waals surface area contributed by atoms with Crippen LogP contribution in [-0.4, -0.2) is 67.1 Å². The van der Waals surface area contributed by atoms with Gasteiger partial charge in [0.25, 0.3) is 0 Å². The number of carbonyl (C=O) groups is 3. The second-order valence-corrected chi connectivity index (χ2v) is 6.54. The number of aldehydes is 1. The number of benzene rings is 1. The number of aliphatic hydroxyl groups is 2. The Bertz CT molecular complexity index is 726. The Labute approximate surface area is 174 Å². The predicted molar refractivity (Wildman–Crippen MR) is 106 cm³/mol. The van der Waals surface area contributed by atoms with Crippen molar-refractivity contribution in [3.05, 3.63) is 48.1 Å². The zero-order chi connectivity index (χ0) is 22.7. The summed E-state index contributed by atoms with van der Waals surface area (Å²) in [6.07, 6.45) is -1.61. The molecule has 0 saturated heterocycles. The van der Waals surface area contributed by atoms with Crippen molar-refractivity contribution in [3.63, 3.8) is 0 Å². The van der Waals surface area contributed by atoms with E-state index >= 15 is 0 Å². The van der Waals surface area contributed by atoms with Gasteiger partial charge in [-0.25, -0.2) is 9.59 Å². The minimum atomic E-state index is -1.10. The van der Waals surface area contributed by atoms with E-state index in [-0.39, 0.29) is 54.6 Å². The molecule has 1 rings (SSSR count). The van der Waals surface area contributed by atoms with E-state index in [1.807, 2.05) is 0 Å². The van der Waals surface area contributed by atoms with Gasteiger partial charge in [-0.2, -0.15) is 0 Å². The average Bonchev–Trinajstić information content (AvgIpc) is 2.72. The summed E-state index contributed by atoms with van der Waals surface area (Å²) in [7, 11) is 0. The zero-order valence-electron chi connectivity index (χ0n) is 17.0. The number of carbonyl (C=O) groups excluding carboxylic acids is 3. The van der Waals surface area contributed by atoms with E-state index in [1.54, 1.807) is 0 Å². The molecule has 9 heteroatoms. The van der Waals surface area contributed by atoms with Crippen LogP contribution in [0, 0.1) is 0 Å². The van der Waals surface area contributed by atoms with Gasteiger partial charge in [0.15, 0.2) is 0 Å². The van der Waals surface area contributed by atoms with Crippen molar-refractivity contribution in [2.24, 2.45) is 0 Å². The number of hydrogen-bond donors (Lipinski definition) is 2. The van der Waals surface area contributed by atoms with Gasteiger partial charge in [0.05, 0.1) is 0 Å². The van der Waals surface area contributed by atoms with Crippen LogP contribution in [0.2, 0.25) is 0 Å². The van der Waals surface area contributed by atoms with Crippen LogP contribution in [0.15, 0.2) is 42.5 Å². The Morgan fingerprint density at radius 1 is 0.867 bits per heavy atom. The summed E-state index contributed by atoms with van der Waals surface area (Å²) in [5.41, 5.74) is 0.661. The molecule has 0 aliphatic rings. The summed E-state index contributed by atoms with van der Waals surface area (Å²) in [5.74, 6) is -0.800. The maximum absolute atomic E-state index is 11.3. The van der Waals surface area contributed by atoms with E-state index < -0.39 is 24.1 Å². The van der Waals surface area contributed by atoms with E-state index in [9.17, 15) is 24.6 Å². The first-order valence-electron chi connectivity index (χ1n) is 8.99. The van der Waals surface area contributed by atoms with Gasteiger partial charge in [0.2, 0.25) is 0 Å². The van der Waals surface area contributed by atoms with Gasteiger partial charge in [-0.3, -0.25) is 4.79 Å². The predicted octanol–water partition coefficient (Wildman–Crippen LogP) is 1.22. The lowest BCUT2D eigenvalue weighted by Crippen LogP contribution is -2.26. The van der Waals surface area contributed by atoms with Gasteiger partial charge in [-0.15, -0.1) is 0 Å². The Balaban J connectivity index is 2.58. The van der Waals surface area contributed by atoms with Gasteiger partial charge in [0, 0.05) is 22.8 Å². The van der Waals surface area contributed by atoms with E-state index in [0.29, 0.717) is 6.29 Å².